The van der Waals surface area contributed by atoms with Crippen LogP contribution in [0.2, 0.25) is 0 Å². The first-order valence-corrected chi connectivity index (χ1v) is 5.58. The molecule has 6 nitrogen and oxygen atoms in total. The molecule has 0 saturated heterocycles. The lowest BCUT2D eigenvalue weighted by Gasteiger charge is -2.08. The molecule has 18 heavy (non-hydrogen) atoms. The summed E-state index contributed by atoms with van der Waals surface area (Å²) in [5, 5.41) is 4.88. The van der Waals surface area contributed by atoms with E-state index in [0.717, 1.165) is 0 Å². The Bertz CT molecular complexity index is 421. The van der Waals surface area contributed by atoms with E-state index in [-0.39, 0.29) is 31.4 Å². The number of ether oxygens (including phenoxy) is 1. The van der Waals surface area contributed by atoms with Crippen molar-refractivity contribution in [1.29, 1.82) is 0 Å². The van der Waals surface area contributed by atoms with Gasteiger partial charge in [0, 0.05) is 7.05 Å². The normalized spacial score (nSPS) is 9.61. The van der Waals surface area contributed by atoms with E-state index in [9.17, 15) is 9.59 Å². The molecule has 0 aliphatic rings. The molecular weight excluding hydrogens is 234 g/mol. The number of rotatable bonds is 6. The van der Waals surface area contributed by atoms with Gasteiger partial charge >= 0.3 is 0 Å². The number of carbonyl (C=O) groups excluding carboxylic acids is 2. The predicted molar refractivity (Wildman–Crippen MR) is 68.0 cm³/mol. The molecule has 1 aromatic carbocycles. The lowest BCUT2D eigenvalue weighted by atomic mass is 10.3. The molecule has 0 aliphatic heterocycles. The van der Waals surface area contributed by atoms with E-state index in [1.54, 1.807) is 24.3 Å². The Labute approximate surface area is 105 Å². The number of likely N-dealkylation sites (N-methyl/N-ethyl adjacent to an activating group) is 1. The summed E-state index contributed by atoms with van der Waals surface area (Å²) in [7, 11) is 1.51. The molecule has 6 heteroatoms. The van der Waals surface area contributed by atoms with Crippen LogP contribution in [0.1, 0.15) is 6.42 Å². The molecule has 0 aliphatic carbocycles. The van der Waals surface area contributed by atoms with E-state index in [2.05, 4.69) is 10.6 Å². The molecule has 1 aromatic rings. The molecule has 0 atom stereocenters. The minimum Gasteiger partial charge on any atom is -0.491 e. The molecule has 0 spiro atoms. The van der Waals surface area contributed by atoms with Gasteiger partial charge in [-0.3, -0.25) is 9.59 Å². The van der Waals surface area contributed by atoms with E-state index >= 15 is 0 Å². The fourth-order valence-electron chi connectivity index (χ4n) is 1.22. The van der Waals surface area contributed by atoms with Gasteiger partial charge in [-0.25, -0.2) is 0 Å². The van der Waals surface area contributed by atoms with Gasteiger partial charge in [0.15, 0.2) is 0 Å². The van der Waals surface area contributed by atoms with E-state index in [0.29, 0.717) is 11.4 Å². The summed E-state index contributed by atoms with van der Waals surface area (Å²) in [5.41, 5.74) is 6.21. The van der Waals surface area contributed by atoms with Crippen molar-refractivity contribution in [1.82, 2.24) is 10.6 Å². The Balaban J connectivity index is 2.24. The van der Waals surface area contributed by atoms with E-state index in [1.165, 1.54) is 7.05 Å². The highest BCUT2D eigenvalue weighted by Gasteiger charge is 2.05. The van der Waals surface area contributed by atoms with Crippen molar-refractivity contribution in [2.24, 2.45) is 0 Å². The SMILES string of the molecule is CNC(=O)CNC(=O)CCOc1ccccc1N. The zero-order chi connectivity index (χ0) is 13.4. The van der Waals surface area contributed by atoms with Crippen molar-refractivity contribution >= 4 is 17.5 Å². The lowest BCUT2D eigenvalue weighted by Crippen LogP contribution is -2.35. The first-order valence-electron chi connectivity index (χ1n) is 5.58. The highest BCUT2D eigenvalue weighted by molar-refractivity contribution is 5.84. The fourth-order valence-corrected chi connectivity index (χ4v) is 1.22. The number of benzene rings is 1. The predicted octanol–water partition coefficient (Wildman–Crippen LogP) is -0.100. The third-order valence-corrected chi connectivity index (χ3v) is 2.23. The van der Waals surface area contributed by atoms with Gasteiger partial charge in [0.25, 0.3) is 0 Å². The van der Waals surface area contributed by atoms with Crippen LogP contribution in [0.5, 0.6) is 5.75 Å². The van der Waals surface area contributed by atoms with Gasteiger partial charge in [-0.05, 0) is 12.1 Å². The first kappa shape index (κ1) is 13.8. The van der Waals surface area contributed by atoms with Crippen LogP contribution in [0.4, 0.5) is 5.69 Å². The standard InChI is InChI=1S/C12H17N3O3/c1-14-12(17)8-15-11(16)6-7-18-10-5-3-2-4-9(10)13/h2-5H,6-8,13H2,1H3,(H,14,17)(H,15,16). The Hall–Kier alpha value is -2.24. The van der Waals surface area contributed by atoms with Gasteiger partial charge in [0.05, 0.1) is 25.3 Å². The molecule has 0 bridgehead atoms. The molecule has 4 N–H and O–H groups in total. The van der Waals surface area contributed by atoms with Gasteiger partial charge in [-0.1, -0.05) is 12.1 Å². The minimum absolute atomic E-state index is 0.0250. The van der Waals surface area contributed by atoms with Crippen LogP contribution in [-0.2, 0) is 9.59 Å². The molecule has 2 amide bonds. The maximum absolute atomic E-state index is 11.3. The summed E-state index contributed by atoms with van der Waals surface area (Å²) < 4.78 is 5.35. The molecule has 0 unspecified atom stereocenters. The number of nitrogens with two attached hydrogens (primary N) is 1. The van der Waals surface area contributed by atoms with E-state index in [4.69, 9.17) is 10.5 Å². The number of anilines is 1. The third-order valence-electron chi connectivity index (χ3n) is 2.23. The van der Waals surface area contributed by atoms with Gasteiger partial charge in [-0.2, -0.15) is 0 Å². The summed E-state index contributed by atoms with van der Waals surface area (Å²) in [6.07, 6.45) is 0.172. The maximum Gasteiger partial charge on any atom is 0.239 e. The number of nitrogens with one attached hydrogen (secondary N) is 2. The zero-order valence-corrected chi connectivity index (χ0v) is 10.2. The second-order valence-corrected chi connectivity index (χ2v) is 3.59. The van der Waals surface area contributed by atoms with Crippen LogP contribution in [0.15, 0.2) is 24.3 Å². The van der Waals surface area contributed by atoms with Gasteiger partial charge < -0.3 is 21.1 Å². The van der Waals surface area contributed by atoms with Crippen molar-refractivity contribution < 1.29 is 14.3 Å². The molecule has 98 valence electrons. The van der Waals surface area contributed by atoms with Crippen molar-refractivity contribution in [3.05, 3.63) is 24.3 Å². The second-order valence-electron chi connectivity index (χ2n) is 3.59. The first-order chi connectivity index (χ1) is 8.63. The summed E-state index contributed by atoms with van der Waals surface area (Å²) in [6, 6.07) is 7.06. The number of nitrogen functional groups attached to an aromatic ring is 1. The summed E-state index contributed by atoms with van der Waals surface area (Å²) in [4.78, 5) is 22.2. The van der Waals surface area contributed by atoms with E-state index in [1.807, 2.05) is 0 Å². The zero-order valence-electron chi connectivity index (χ0n) is 10.2. The Morgan fingerprint density at radius 3 is 2.67 bits per heavy atom. The third kappa shape index (κ3) is 4.73. The lowest BCUT2D eigenvalue weighted by molar-refractivity contribution is -0.126. The average molecular weight is 251 g/mol. The summed E-state index contributed by atoms with van der Waals surface area (Å²) in [6.45, 7) is 0.191. The van der Waals surface area contributed by atoms with Crippen LogP contribution in [0.3, 0.4) is 0 Å². The minimum atomic E-state index is -0.242. The molecule has 0 heterocycles. The molecular formula is C12H17N3O3. The van der Waals surface area contributed by atoms with Crippen LogP contribution < -0.4 is 21.1 Å². The van der Waals surface area contributed by atoms with Crippen molar-refractivity contribution in [3.8, 4) is 5.75 Å². The van der Waals surface area contributed by atoms with E-state index < -0.39 is 0 Å². The van der Waals surface area contributed by atoms with Gasteiger partial charge in [-0.15, -0.1) is 0 Å². The topological polar surface area (TPSA) is 93.5 Å². The fraction of sp³-hybridized carbons (Fsp3) is 0.333. The van der Waals surface area contributed by atoms with Crippen molar-refractivity contribution in [2.75, 3.05) is 25.9 Å². The maximum atomic E-state index is 11.3. The van der Waals surface area contributed by atoms with Crippen LogP contribution in [-0.4, -0.2) is 32.0 Å². The number of carbonyl (C=O) groups is 2. The second kappa shape index (κ2) is 7.16. The van der Waals surface area contributed by atoms with Crippen molar-refractivity contribution in [3.63, 3.8) is 0 Å². The highest BCUT2D eigenvalue weighted by atomic mass is 16.5. The summed E-state index contributed by atoms with van der Waals surface area (Å²) in [5.74, 6) is 0.0706. The number of para-hydroxylation sites is 2. The van der Waals surface area contributed by atoms with Crippen LogP contribution in [0.25, 0.3) is 0 Å². The van der Waals surface area contributed by atoms with Crippen LogP contribution in [0, 0.1) is 0 Å². The molecule has 0 aromatic heterocycles. The smallest absolute Gasteiger partial charge is 0.239 e. The Morgan fingerprint density at radius 2 is 2.00 bits per heavy atom. The van der Waals surface area contributed by atoms with Gasteiger partial charge in [0.1, 0.15) is 5.75 Å². The van der Waals surface area contributed by atoms with Crippen molar-refractivity contribution in [2.45, 2.75) is 6.42 Å². The van der Waals surface area contributed by atoms with Crippen LogP contribution >= 0.6 is 0 Å². The molecule has 0 saturated carbocycles. The number of hydrogen-bond acceptors (Lipinski definition) is 4. The highest BCUT2D eigenvalue weighted by Crippen LogP contribution is 2.19. The average Bonchev–Trinajstić information content (AvgIpc) is 2.38. The monoisotopic (exact) mass is 251 g/mol. The Kier molecular flexibility index (Phi) is 5.50. The number of amides is 2. The molecule has 0 radical (unpaired) electrons. The van der Waals surface area contributed by atoms with Gasteiger partial charge in [0.2, 0.25) is 11.8 Å². The largest absolute Gasteiger partial charge is 0.491 e. The molecule has 0 fully saturated rings. The molecule has 1 rings (SSSR count). The number of hydrogen-bond donors (Lipinski definition) is 3. The quantitative estimate of drug-likeness (QED) is 0.615. The Morgan fingerprint density at radius 1 is 1.28 bits per heavy atom. The summed E-state index contributed by atoms with van der Waals surface area (Å²) >= 11 is 0.